The summed E-state index contributed by atoms with van der Waals surface area (Å²) in [4.78, 5) is 28.1. The van der Waals surface area contributed by atoms with Gasteiger partial charge in [-0.05, 0) is 29.5 Å². The van der Waals surface area contributed by atoms with Crippen molar-refractivity contribution in [2.75, 3.05) is 27.2 Å². The number of hydrogen-bond acceptors (Lipinski definition) is 5. The summed E-state index contributed by atoms with van der Waals surface area (Å²) in [7, 11) is 4.02. The number of benzene rings is 2. The van der Waals surface area contributed by atoms with E-state index in [0.29, 0.717) is 22.1 Å². The van der Waals surface area contributed by atoms with E-state index in [4.69, 9.17) is 4.98 Å². The maximum atomic E-state index is 12.8. The first kappa shape index (κ1) is 23.6. The van der Waals surface area contributed by atoms with Gasteiger partial charge in [0.15, 0.2) is 5.00 Å². The molecule has 2 aromatic carbocycles. The molecule has 0 unspecified atom stereocenters. The van der Waals surface area contributed by atoms with Gasteiger partial charge in [-0.25, -0.2) is 4.98 Å². The fourth-order valence-electron chi connectivity index (χ4n) is 3.61. The minimum absolute atomic E-state index is 0. The molecular formula is C23H23ClN4O3S. The Balaban J connectivity index is 0.00000289. The molecule has 0 aliphatic carbocycles. The predicted octanol–water partition coefficient (Wildman–Crippen LogP) is 1.75. The van der Waals surface area contributed by atoms with Crippen LogP contribution in [0.15, 0.2) is 60.7 Å². The Morgan fingerprint density at radius 1 is 1.09 bits per heavy atom. The average Bonchev–Trinajstić information content (AvgIpc) is 3.26. The number of nitro groups is 1. The van der Waals surface area contributed by atoms with Crippen LogP contribution < -0.4 is 22.2 Å². The van der Waals surface area contributed by atoms with E-state index < -0.39 is 0 Å². The molecule has 9 heteroatoms. The Labute approximate surface area is 195 Å². The summed E-state index contributed by atoms with van der Waals surface area (Å²) in [5.74, 6) is -0.148. The van der Waals surface area contributed by atoms with E-state index in [2.05, 4.69) is 11.4 Å². The van der Waals surface area contributed by atoms with Gasteiger partial charge in [0.25, 0.3) is 5.91 Å². The second kappa shape index (κ2) is 9.60. The number of nitrogens with zero attached hydrogens (tertiary/aromatic N) is 3. The molecule has 4 rings (SSSR count). The number of fused-ring (bicyclic) bond motifs is 2. The molecule has 0 atom stereocenters. The summed E-state index contributed by atoms with van der Waals surface area (Å²) in [5.41, 5.74) is 2.12. The zero-order valence-electron chi connectivity index (χ0n) is 17.7. The van der Waals surface area contributed by atoms with Crippen LogP contribution in [0.25, 0.3) is 21.8 Å². The molecule has 32 heavy (non-hydrogen) atoms. The highest BCUT2D eigenvalue weighted by Crippen LogP contribution is 2.33. The van der Waals surface area contributed by atoms with Crippen molar-refractivity contribution < 1.29 is 22.1 Å². The van der Waals surface area contributed by atoms with Gasteiger partial charge in [-0.3, -0.25) is 19.4 Å². The molecule has 2 aromatic heterocycles. The van der Waals surface area contributed by atoms with Crippen LogP contribution in [0.3, 0.4) is 0 Å². The Hall–Kier alpha value is -3.07. The summed E-state index contributed by atoms with van der Waals surface area (Å²) in [5, 5.41) is 17.0. The lowest BCUT2D eigenvalue weighted by atomic mass is 10.1. The number of carbonyl (C=O) groups is 1. The molecular weight excluding hydrogens is 448 g/mol. The molecule has 0 radical (unpaired) electrons. The third-order valence-corrected chi connectivity index (χ3v) is 6.66. The van der Waals surface area contributed by atoms with Crippen molar-refractivity contribution in [3.05, 3.63) is 76.3 Å². The predicted molar refractivity (Wildman–Crippen MR) is 126 cm³/mol. The number of thiophene rings is 1. The van der Waals surface area contributed by atoms with Crippen LogP contribution in [0.5, 0.6) is 0 Å². The first-order chi connectivity index (χ1) is 14.8. The van der Waals surface area contributed by atoms with Gasteiger partial charge in [0.05, 0.1) is 42.2 Å². The van der Waals surface area contributed by atoms with E-state index >= 15 is 0 Å². The molecule has 1 N–H and O–H groups in total. The van der Waals surface area contributed by atoms with E-state index in [1.54, 1.807) is 18.2 Å². The lowest BCUT2D eigenvalue weighted by Gasteiger charge is -2.27. The molecule has 0 aliphatic rings. The lowest BCUT2D eigenvalue weighted by Crippen LogP contribution is -3.00. The fraction of sp³-hybridized carbons (Fsp3) is 0.217. The Bertz CT molecular complexity index is 1290. The monoisotopic (exact) mass is 470 g/mol. The van der Waals surface area contributed by atoms with Crippen molar-refractivity contribution in [2.45, 2.75) is 6.42 Å². The number of hydrogen-bond donors (Lipinski definition) is 1. The Kier molecular flexibility index (Phi) is 7.08. The van der Waals surface area contributed by atoms with Gasteiger partial charge in [0, 0.05) is 35.9 Å². The summed E-state index contributed by atoms with van der Waals surface area (Å²) < 4.78 is 0.524. The quantitative estimate of drug-likeness (QED) is 0.147. The highest BCUT2D eigenvalue weighted by Gasteiger charge is 2.24. The van der Waals surface area contributed by atoms with Crippen LogP contribution in [0, 0.1) is 10.1 Å². The SMILES string of the molecule is C[N+](C)(CCCNC(=O)c1cccc2cc3ccccc3nc12)c1ccc([N+](=O)[O-])s1.[Cl-]. The average molecular weight is 471 g/mol. The molecule has 0 spiro atoms. The van der Waals surface area contributed by atoms with Crippen LogP contribution in [0.1, 0.15) is 16.8 Å². The van der Waals surface area contributed by atoms with Gasteiger partial charge in [-0.1, -0.05) is 30.3 Å². The van der Waals surface area contributed by atoms with Gasteiger partial charge >= 0.3 is 5.00 Å². The van der Waals surface area contributed by atoms with E-state index in [-0.39, 0.29) is 28.2 Å². The minimum Gasteiger partial charge on any atom is -1.00 e. The highest BCUT2D eigenvalue weighted by molar-refractivity contribution is 7.19. The molecule has 0 aliphatic heterocycles. The standard InChI is InChI=1S/C23H22N4O3S.ClH/c1-27(2,21-12-11-20(31-21)26(29)30)14-6-13-24-23(28)18-9-5-8-17-15-16-7-3-4-10-19(16)25-22(17)18;/h3-5,7-12,15H,6,13-14H2,1-2H3;1H. The third kappa shape index (κ3) is 4.88. The Morgan fingerprint density at radius 3 is 2.59 bits per heavy atom. The molecule has 1 amide bonds. The lowest BCUT2D eigenvalue weighted by molar-refractivity contribution is -0.380. The number of aromatic nitrogens is 1. The topological polar surface area (TPSA) is 85.1 Å². The summed E-state index contributed by atoms with van der Waals surface area (Å²) in [6.07, 6.45) is 0.742. The zero-order chi connectivity index (χ0) is 22.0. The van der Waals surface area contributed by atoms with Gasteiger partial charge in [-0.15, -0.1) is 0 Å². The van der Waals surface area contributed by atoms with Crippen LogP contribution in [-0.4, -0.2) is 43.0 Å². The number of nitrogens with one attached hydrogen (secondary N) is 1. The van der Waals surface area contributed by atoms with Gasteiger partial charge in [-0.2, -0.15) is 0 Å². The van der Waals surface area contributed by atoms with E-state index in [1.165, 1.54) is 11.3 Å². The number of halogens is 1. The number of rotatable bonds is 7. The summed E-state index contributed by atoms with van der Waals surface area (Å²) in [6, 6.07) is 18.9. The molecule has 0 saturated carbocycles. The molecule has 4 aromatic rings. The van der Waals surface area contributed by atoms with Crippen molar-refractivity contribution in [2.24, 2.45) is 0 Å². The van der Waals surface area contributed by atoms with Crippen LogP contribution >= 0.6 is 11.3 Å². The number of para-hydroxylation sites is 2. The van der Waals surface area contributed by atoms with E-state index in [9.17, 15) is 14.9 Å². The second-order valence-electron chi connectivity index (χ2n) is 7.95. The second-order valence-corrected chi connectivity index (χ2v) is 8.99. The van der Waals surface area contributed by atoms with Gasteiger partial charge in [0.2, 0.25) is 0 Å². The number of carbonyl (C=O) groups excluding carboxylic acids is 1. The number of quaternary nitrogens is 1. The van der Waals surface area contributed by atoms with Crippen molar-refractivity contribution in [1.82, 2.24) is 14.8 Å². The Morgan fingerprint density at radius 2 is 1.84 bits per heavy atom. The fourth-order valence-corrected chi connectivity index (χ4v) is 4.51. The van der Waals surface area contributed by atoms with Gasteiger partial charge in [0.1, 0.15) is 0 Å². The maximum Gasteiger partial charge on any atom is 0.329 e. The smallest absolute Gasteiger partial charge is 0.329 e. The minimum atomic E-state index is -0.365. The normalized spacial score (nSPS) is 11.3. The summed E-state index contributed by atoms with van der Waals surface area (Å²) >= 11 is 1.19. The van der Waals surface area contributed by atoms with Crippen LogP contribution in [-0.2, 0) is 0 Å². The van der Waals surface area contributed by atoms with E-state index in [0.717, 1.165) is 34.3 Å². The molecule has 0 bridgehead atoms. The van der Waals surface area contributed by atoms with Crippen LogP contribution in [0.4, 0.5) is 10.0 Å². The molecule has 2 heterocycles. The maximum absolute atomic E-state index is 12.8. The van der Waals surface area contributed by atoms with Crippen molar-refractivity contribution in [1.29, 1.82) is 0 Å². The van der Waals surface area contributed by atoms with E-state index in [1.807, 2.05) is 50.5 Å². The molecule has 166 valence electrons. The summed E-state index contributed by atoms with van der Waals surface area (Å²) in [6.45, 7) is 1.26. The highest BCUT2D eigenvalue weighted by atomic mass is 35.5. The number of amides is 1. The van der Waals surface area contributed by atoms with Crippen molar-refractivity contribution >= 4 is 49.1 Å². The van der Waals surface area contributed by atoms with Crippen molar-refractivity contribution in [3.8, 4) is 0 Å². The third-order valence-electron chi connectivity index (χ3n) is 5.33. The molecule has 0 fully saturated rings. The zero-order valence-corrected chi connectivity index (χ0v) is 19.3. The molecule has 0 saturated heterocycles. The van der Waals surface area contributed by atoms with Gasteiger partial charge < -0.3 is 17.7 Å². The first-order valence-electron chi connectivity index (χ1n) is 10.00. The number of pyridine rings is 1. The first-order valence-corrected chi connectivity index (χ1v) is 10.8. The van der Waals surface area contributed by atoms with Crippen LogP contribution in [0.2, 0.25) is 0 Å². The van der Waals surface area contributed by atoms with Crippen molar-refractivity contribution in [3.63, 3.8) is 0 Å². The molecule has 7 nitrogen and oxygen atoms in total. The largest absolute Gasteiger partial charge is 1.00 e.